The average Bonchev–Trinajstić information content (AvgIpc) is 2.68. The lowest BCUT2D eigenvalue weighted by Gasteiger charge is -2.29. The highest BCUT2D eigenvalue weighted by Gasteiger charge is 2.13. The number of carbonyl (C=O) groups is 1. The molecule has 0 aromatic heterocycles. The number of amides is 1. The van der Waals surface area contributed by atoms with E-state index in [1.165, 1.54) is 24.9 Å². The number of phenolic OH excluding ortho intramolecular Hbond substituents is 1. The Hall–Kier alpha value is -2.49. The Labute approximate surface area is 156 Å². The Kier molecular flexibility index (Phi) is 6.16. The van der Waals surface area contributed by atoms with E-state index >= 15 is 0 Å². The van der Waals surface area contributed by atoms with Crippen LogP contribution in [0.4, 0.5) is 5.69 Å². The summed E-state index contributed by atoms with van der Waals surface area (Å²) in [7, 11) is 1.84. The number of anilines is 1. The molecule has 4 nitrogen and oxygen atoms in total. The second-order valence-corrected chi connectivity index (χ2v) is 7.09. The molecule has 1 amide bonds. The van der Waals surface area contributed by atoms with Gasteiger partial charge in [-0.05, 0) is 55.0 Å². The van der Waals surface area contributed by atoms with Gasteiger partial charge in [-0.3, -0.25) is 4.79 Å². The van der Waals surface area contributed by atoms with Crippen LogP contribution in [0, 0.1) is 0 Å². The monoisotopic (exact) mass is 352 g/mol. The summed E-state index contributed by atoms with van der Waals surface area (Å²) in [6, 6.07) is 15.8. The number of nitrogens with zero attached hydrogens (tertiary/aromatic N) is 2. The second kappa shape index (κ2) is 8.75. The van der Waals surface area contributed by atoms with Crippen LogP contribution in [0.15, 0.2) is 48.5 Å². The van der Waals surface area contributed by atoms with Crippen molar-refractivity contribution in [1.29, 1.82) is 0 Å². The molecule has 0 aliphatic carbocycles. The fourth-order valence-electron chi connectivity index (χ4n) is 3.48. The van der Waals surface area contributed by atoms with Crippen LogP contribution in [0.2, 0.25) is 0 Å². The maximum absolute atomic E-state index is 12.4. The number of para-hydroxylation sites is 1. The zero-order chi connectivity index (χ0) is 18.4. The van der Waals surface area contributed by atoms with Crippen molar-refractivity contribution in [2.75, 3.05) is 25.0 Å². The SMILES string of the molecule is CN(Cc1ccc(N2CCCCC2)cc1)C(=O)CCc1ccccc1O. The van der Waals surface area contributed by atoms with E-state index in [-0.39, 0.29) is 11.7 Å². The van der Waals surface area contributed by atoms with Gasteiger partial charge < -0.3 is 14.9 Å². The van der Waals surface area contributed by atoms with Gasteiger partial charge in [-0.15, -0.1) is 0 Å². The van der Waals surface area contributed by atoms with E-state index in [4.69, 9.17) is 0 Å². The molecule has 1 fully saturated rings. The highest BCUT2D eigenvalue weighted by molar-refractivity contribution is 5.76. The molecule has 2 aromatic rings. The first kappa shape index (κ1) is 18.3. The number of aryl methyl sites for hydroxylation is 1. The van der Waals surface area contributed by atoms with Gasteiger partial charge in [0, 0.05) is 38.8 Å². The largest absolute Gasteiger partial charge is 0.508 e. The topological polar surface area (TPSA) is 43.8 Å². The Morgan fingerprint density at radius 2 is 1.73 bits per heavy atom. The van der Waals surface area contributed by atoms with E-state index < -0.39 is 0 Å². The van der Waals surface area contributed by atoms with E-state index in [0.29, 0.717) is 19.4 Å². The lowest BCUT2D eigenvalue weighted by Crippen LogP contribution is -2.29. The number of carbonyl (C=O) groups excluding carboxylic acids is 1. The number of rotatable bonds is 6. The smallest absolute Gasteiger partial charge is 0.222 e. The molecule has 138 valence electrons. The van der Waals surface area contributed by atoms with E-state index in [9.17, 15) is 9.90 Å². The summed E-state index contributed by atoms with van der Waals surface area (Å²) in [6.07, 6.45) is 4.85. The van der Waals surface area contributed by atoms with Gasteiger partial charge in [-0.1, -0.05) is 30.3 Å². The number of benzene rings is 2. The summed E-state index contributed by atoms with van der Waals surface area (Å²) >= 11 is 0. The second-order valence-electron chi connectivity index (χ2n) is 7.09. The third kappa shape index (κ3) is 4.78. The number of piperidine rings is 1. The van der Waals surface area contributed by atoms with Crippen molar-refractivity contribution in [3.8, 4) is 5.75 Å². The fraction of sp³-hybridized carbons (Fsp3) is 0.409. The van der Waals surface area contributed by atoms with E-state index in [2.05, 4.69) is 29.2 Å². The lowest BCUT2D eigenvalue weighted by atomic mass is 10.1. The Morgan fingerprint density at radius 3 is 2.42 bits per heavy atom. The highest BCUT2D eigenvalue weighted by atomic mass is 16.3. The van der Waals surface area contributed by atoms with Crippen molar-refractivity contribution in [3.63, 3.8) is 0 Å². The van der Waals surface area contributed by atoms with Crippen molar-refractivity contribution in [1.82, 2.24) is 4.90 Å². The van der Waals surface area contributed by atoms with Crippen LogP contribution in [0.5, 0.6) is 5.75 Å². The molecule has 1 aliphatic rings. The van der Waals surface area contributed by atoms with Gasteiger partial charge in [-0.2, -0.15) is 0 Å². The van der Waals surface area contributed by atoms with Gasteiger partial charge in [-0.25, -0.2) is 0 Å². The normalized spacial score (nSPS) is 14.3. The summed E-state index contributed by atoms with van der Waals surface area (Å²) < 4.78 is 0. The quantitative estimate of drug-likeness (QED) is 0.855. The summed E-state index contributed by atoms with van der Waals surface area (Å²) in [5.74, 6) is 0.351. The standard InChI is InChI=1S/C22H28N2O2/c1-23(22(26)14-11-19-7-3-4-8-21(19)25)17-18-9-12-20(13-10-18)24-15-5-2-6-16-24/h3-4,7-10,12-13,25H,2,5-6,11,14-17H2,1H3. The predicted octanol–water partition coefficient (Wildman–Crippen LogP) is 3.97. The van der Waals surface area contributed by atoms with Crippen LogP contribution >= 0.6 is 0 Å². The first-order valence-corrected chi connectivity index (χ1v) is 9.48. The zero-order valence-electron chi connectivity index (χ0n) is 15.5. The predicted molar refractivity (Wildman–Crippen MR) is 105 cm³/mol. The average molecular weight is 352 g/mol. The lowest BCUT2D eigenvalue weighted by molar-refractivity contribution is -0.130. The first-order chi connectivity index (χ1) is 12.6. The van der Waals surface area contributed by atoms with E-state index in [0.717, 1.165) is 24.2 Å². The van der Waals surface area contributed by atoms with E-state index in [1.54, 1.807) is 17.0 Å². The first-order valence-electron chi connectivity index (χ1n) is 9.48. The molecule has 0 atom stereocenters. The maximum Gasteiger partial charge on any atom is 0.222 e. The molecule has 1 N–H and O–H groups in total. The Bertz CT molecular complexity index is 721. The van der Waals surface area contributed by atoms with Gasteiger partial charge in [0.15, 0.2) is 0 Å². The minimum atomic E-state index is 0.0911. The molecule has 0 saturated carbocycles. The van der Waals surface area contributed by atoms with Gasteiger partial charge in [0.2, 0.25) is 5.91 Å². The molecule has 0 spiro atoms. The van der Waals surface area contributed by atoms with Gasteiger partial charge in [0.25, 0.3) is 0 Å². The molecule has 0 radical (unpaired) electrons. The number of hydrogen-bond donors (Lipinski definition) is 1. The molecule has 1 heterocycles. The Balaban J connectivity index is 1.51. The highest BCUT2D eigenvalue weighted by Crippen LogP contribution is 2.21. The van der Waals surface area contributed by atoms with Gasteiger partial charge >= 0.3 is 0 Å². The molecule has 0 bridgehead atoms. The third-order valence-corrected chi connectivity index (χ3v) is 5.10. The molecule has 1 aliphatic heterocycles. The van der Waals surface area contributed by atoms with Crippen molar-refractivity contribution >= 4 is 11.6 Å². The van der Waals surface area contributed by atoms with Crippen molar-refractivity contribution in [3.05, 3.63) is 59.7 Å². The van der Waals surface area contributed by atoms with Crippen LogP contribution in [0.25, 0.3) is 0 Å². The minimum absolute atomic E-state index is 0.0911. The zero-order valence-corrected chi connectivity index (χ0v) is 15.5. The number of phenols is 1. The summed E-state index contributed by atoms with van der Waals surface area (Å²) in [5, 5.41) is 9.80. The fourth-order valence-corrected chi connectivity index (χ4v) is 3.48. The minimum Gasteiger partial charge on any atom is -0.508 e. The molecule has 3 rings (SSSR count). The van der Waals surface area contributed by atoms with Crippen LogP contribution < -0.4 is 4.90 Å². The van der Waals surface area contributed by atoms with Crippen molar-refractivity contribution in [2.24, 2.45) is 0 Å². The van der Waals surface area contributed by atoms with Crippen molar-refractivity contribution in [2.45, 2.75) is 38.6 Å². The van der Waals surface area contributed by atoms with Crippen LogP contribution in [0.3, 0.4) is 0 Å². The third-order valence-electron chi connectivity index (χ3n) is 5.10. The van der Waals surface area contributed by atoms with Crippen molar-refractivity contribution < 1.29 is 9.90 Å². The summed E-state index contributed by atoms with van der Waals surface area (Å²) in [4.78, 5) is 16.6. The number of aromatic hydroxyl groups is 1. The Morgan fingerprint density at radius 1 is 1.04 bits per heavy atom. The van der Waals surface area contributed by atoms with Crippen LogP contribution in [-0.2, 0) is 17.8 Å². The van der Waals surface area contributed by atoms with Crippen LogP contribution in [-0.4, -0.2) is 36.1 Å². The summed E-state index contributed by atoms with van der Waals surface area (Å²) in [6.45, 7) is 2.90. The van der Waals surface area contributed by atoms with Crippen LogP contribution in [0.1, 0.15) is 36.8 Å². The molecule has 1 saturated heterocycles. The van der Waals surface area contributed by atoms with Gasteiger partial charge in [0.1, 0.15) is 5.75 Å². The molecular formula is C22H28N2O2. The number of hydrogen-bond acceptors (Lipinski definition) is 3. The summed E-state index contributed by atoms with van der Waals surface area (Å²) in [5.41, 5.74) is 3.24. The molecule has 0 unspecified atom stereocenters. The maximum atomic E-state index is 12.4. The van der Waals surface area contributed by atoms with E-state index in [1.807, 2.05) is 19.2 Å². The molecular weight excluding hydrogens is 324 g/mol. The molecule has 2 aromatic carbocycles. The molecule has 4 heteroatoms. The molecule has 26 heavy (non-hydrogen) atoms. The van der Waals surface area contributed by atoms with Gasteiger partial charge in [0.05, 0.1) is 0 Å².